The van der Waals surface area contributed by atoms with Gasteiger partial charge in [-0.1, -0.05) is 30.7 Å². The van der Waals surface area contributed by atoms with Crippen molar-refractivity contribution in [3.05, 3.63) is 55.1 Å². The largest absolute Gasteiger partial charge is 0.383 e. The van der Waals surface area contributed by atoms with Gasteiger partial charge < -0.3 is 5.11 Å². The Labute approximate surface area is 118 Å². The summed E-state index contributed by atoms with van der Waals surface area (Å²) in [5, 5.41) is 10.9. The average molecular weight is 332 g/mol. The number of thiophene rings is 1. The number of benzene rings is 1. The van der Waals surface area contributed by atoms with Gasteiger partial charge in [-0.05, 0) is 40.5 Å². The van der Waals surface area contributed by atoms with E-state index in [-0.39, 0.29) is 0 Å². The molecule has 1 heterocycles. The number of aliphatic hydroxyl groups is 1. The molecule has 1 nitrogen and oxygen atoms in total. The lowest BCUT2D eigenvalue weighted by molar-refractivity contribution is 0.224. The quantitative estimate of drug-likeness (QED) is 0.856. The first-order chi connectivity index (χ1) is 8.13. The fourth-order valence-electron chi connectivity index (χ4n) is 1.62. The standard InChI is InChI=1S/C13H12BrClOS/c1-2-8-6-7-11(17-8)13(16)9-4-3-5-10(14)12(9)15/h3-7,13,16H,2H2,1H3. The highest BCUT2D eigenvalue weighted by atomic mass is 79.9. The molecule has 0 fully saturated rings. The van der Waals surface area contributed by atoms with Gasteiger partial charge in [0.25, 0.3) is 0 Å². The number of aliphatic hydroxyl groups excluding tert-OH is 1. The summed E-state index contributed by atoms with van der Waals surface area (Å²) >= 11 is 11.2. The highest BCUT2D eigenvalue weighted by Gasteiger charge is 2.16. The van der Waals surface area contributed by atoms with E-state index in [4.69, 9.17) is 11.6 Å². The third kappa shape index (κ3) is 2.74. The Morgan fingerprint density at radius 3 is 2.76 bits per heavy atom. The molecule has 2 rings (SSSR count). The molecule has 90 valence electrons. The van der Waals surface area contributed by atoms with Crippen molar-refractivity contribution in [1.29, 1.82) is 0 Å². The summed E-state index contributed by atoms with van der Waals surface area (Å²) in [7, 11) is 0. The highest BCUT2D eigenvalue weighted by molar-refractivity contribution is 9.10. The molecule has 0 aliphatic rings. The van der Waals surface area contributed by atoms with E-state index in [2.05, 4.69) is 28.9 Å². The van der Waals surface area contributed by atoms with Crippen LogP contribution >= 0.6 is 38.9 Å². The second kappa shape index (κ2) is 5.53. The molecule has 2 aromatic rings. The Balaban J connectivity index is 2.36. The lowest BCUT2D eigenvalue weighted by Gasteiger charge is -2.11. The molecule has 4 heteroatoms. The lowest BCUT2D eigenvalue weighted by Crippen LogP contribution is -1.98. The van der Waals surface area contributed by atoms with Gasteiger partial charge in [-0.2, -0.15) is 0 Å². The number of aryl methyl sites for hydroxylation is 1. The van der Waals surface area contributed by atoms with Gasteiger partial charge in [0.05, 0.1) is 5.02 Å². The number of hydrogen-bond acceptors (Lipinski definition) is 2. The van der Waals surface area contributed by atoms with E-state index in [9.17, 15) is 5.11 Å². The van der Waals surface area contributed by atoms with E-state index >= 15 is 0 Å². The lowest BCUT2D eigenvalue weighted by atomic mass is 10.1. The van der Waals surface area contributed by atoms with Gasteiger partial charge in [-0.25, -0.2) is 0 Å². The van der Waals surface area contributed by atoms with Crippen LogP contribution in [-0.4, -0.2) is 5.11 Å². The predicted octanol–water partition coefficient (Wildman–Crippen LogP) is 4.81. The van der Waals surface area contributed by atoms with Gasteiger partial charge in [0.1, 0.15) is 6.10 Å². The minimum atomic E-state index is -0.648. The van der Waals surface area contributed by atoms with Crippen LogP contribution in [0.15, 0.2) is 34.8 Å². The smallest absolute Gasteiger partial charge is 0.115 e. The zero-order valence-electron chi connectivity index (χ0n) is 9.28. The maximum absolute atomic E-state index is 10.3. The van der Waals surface area contributed by atoms with Gasteiger partial charge in [0, 0.05) is 19.8 Å². The molecule has 0 amide bonds. The van der Waals surface area contributed by atoms with Crippen LogP contribution in [0, 0.1) is 0 Å². The Bertz CT molecular complexity index is 524. The van der Waals surface area contributed by atoms with Gasteiger partial charge in [-0.15, -0.1) is 11.3 Å². The van der Waals surface area contributed by atoms with Gasteiger partial charge in [0.15, 0.2) is 0 Å². The first-order valence-corrected chi connectivity index (χ1v) is 7.32. The third-order valence-electron chi connectivity index (χ3n) is 2.58. The van der Waals surface area contributed by atoms with Crippen LogP contribution < -0.4 is 0 Å². The Morgan fingerprint density at radius 2 is 2.12 bits per heavy atom. The van der Waals surface area contributed by atoms with Gasteiger partial charge in [0.2, 0.25) is 0 Å². The second-order valence-corrected chi connectivity index (χ2v) is 6.14. The molecule has 0 saturated heterocycles. The maximum Gasteiger partial charge on any atom is 0.115 e. The van der Waals surface area contributed by atoms with Crippen LogP contribution in [0.1, 0.15) is 28.3 Å². The van der Waals surface area contributed by atoms with E-state index in [0.29, 0.717) is 5.02 Å². The van der Waals surface area contributed by atoms with E-state index < -0.39 is 6.10 Å². The van der Waals surface area contributed by atoms with Crippen molar-refractivity contribution in [1.82, 2.24) is 0 Å². The summed E-state index contributed by atoms with van der Waals surface area (Å²) < 4.78 is 0.808. The number of halogens is 2. The van der Waals surface area contributed by atoms with Crippen LogP contribution in [0.3, 0.4) is 0 Å². The van der Waals surface area contributed by atoms with E-state index in [1.165, 1.54) is 4.88 Å². The zero-order valence-corrected chi connectivity index (χ0v) is 12.4. The van der Waals surface area contributed by atoms with Crippen molar-refractivity contribution in [2.24, 2.45) is 0 Å². The molecule has 1 unspecified atom stereocenters. The van der Waals surface area contributed by atoms with Crippen molar-refractivity contribution in [2.75, 3.05) is 0 Å². The SMILES string of the molecule is CCc1ccc(C(O)c2cccc(Br)c2Cl)s1. The molecular weight excluding hydrogens is 320 g/mol. The molecule has 0 radical (unpaired) electrons. The fraction of sp³-hybridized carbons (Fsp3) is 0.231. The molecule has 0 aliphatic carbocycles. The topological polar surface area (TPSA) is 20.2 Å². The van der Waals surface area contributed by atoms with Crippen LogP contribution in [0.5, 0.6) is 0 Å². The predicted molar refractivity (Wildman–Crippen MR) is 76.9 cm³/mol. The van der Waals surface area contributed by atoms with Crippen LogP contribution in [0.2, 0.25) is 5.02 Å². The molecule has 0 saturated carbocycles. The molecule has 1 atom stereocenters. The van der Waals surface area contributed by atoms with E-state index in [0.717, 1.165) is 21.3 Å². The Hall–Kier alpha value is -0.350. The summed E-state index contributed by atoms with van der Waals surface area (Å²) in [4.78, 5) is 2.20. The monoisotopic (exact) mass is 330 g/mol. The van der Waals surface area contributed by atoms with Crippen LogP contribution in [0.4, 0.5) is 0 Å². The zero-order chi connectivity index (χ0) is 12.4. The van der Waals surface area contributed by atoms with Crippen molar-refractivity contribution < 1.29 is 5.11 Å². The van der Waals surface area contributed by atoms with Crippen LogP contribution in [0.25, 0.3) is 0 Å². The molecule has 1 aromatic carbocycles. The highest BCUT2D eigenvalue weighted by Crippen LogP contribution is 2.35. The summed E-state index contributed by atoms with van der Waals surface area (Å²) in [6.45, 7) is 2.11. The van der Waals surface area contributed by atoms with Crippen molar-refractivity contribution in [2.45, 2.75) is 19.4 Å². The third-order valence-corrected chi connectivity index (χ3v) is 5.17. The molecule has 1 aromatic heterocycles. The molecule has 0 spiro atoms. The second-order valence-electron chi connectivity index (χ2n) is 3.70. The summed E-state index contributed by atoms with van der Waals surface area (Å²) in [5.74, 6) is 0. The maximum atomic E-state index is 10.3. The first-order valence-electron chi connectivity index (χ1n) is 5.34. The molecule has 1 N–H and O–H groups in total. The minimum Gasteiger partial charge on any atom is -0.383 e. The summed E-state index contributed by atoms with van der Waals surface area (Å²) in [6, 6.07) is 9.61. The Kier molecular flexibility index (Phi) is 4.26. The van der Waals surface area contributed by atoms with Crippen molar-refractivity contribution in [3.63, 3.8) is 0 Å². The van der Waals surface area contributed by atoms with E-state index in [1.807, 2.05) is 24.3 Å². The Morgan fingerprint density at radius 1 is 1.35 bits per heavy atom. The molecule has 17 heavy (non-hydrogen) atoms. The normalized spacial score (nSPS) is 12.7. The van der Waals surface area contributed by atoms with Crippen molar-refractivity contribution in [3.8, 4) is 0 Å². The first kappa shape index (κ1) is 13.1. The number of rotatable bonds is 3. The van der Waals surface area contributed by atoms with Gasteiger partial charge in [-0.3, -0.25) is 0 Å². The molecule has 0 bridgehead atoms. The summed E-state index contributed by atoms with van der Waals surface area (Å²) in [6.07, 6.45) is 0.342. The van der Waals surface area contributed by atoms with Crippen molar-refractivity contribution >= 4 is 38.9 Å². The van der Waals surface area contributed by atoms with E-state index in [1.54, 1.807) is 11.3 Å². The molecule has 0 aliphatic heterocycles. The minimum absolute atomic E-state index is 0.575. The summed E-state index contributed by atoms with van der Waals surface area (Å²) in [5.41, 5.74) is 0.741. The van der Waals surface area contributed by atoms with Gasteiger partial charge >= 0.3 is 0 Å². The fourth-order valence-corrected chi connectivity index (χ4v) is 3.19. The van der Waals surface area contributed by atoms with Crippen LogP contribution in [-0.2, 0) is 6.42 Å². The number of hydrogen-bond donors (Lipinski definition) is 1. The molecular formula is C13H12BrClOS. The average Bonchev–Trinajstić information content (AvgIpc) is 2.80.